The van der Waals surface area contributed by atoms with E-state index in [4.69, 9.17) is 0 Å². The number of carbonyl (C=O) groups is 6. The molecule has 4 N–H and O–H groups in total. The predicted octanol–water partition coefficient (Wildman–Crippen LogP) is 16.4. The van der Waals surface area contributed by atoms with Crippen molar-refractivity contribution >= 4 is 81.8 Å². The highest BCUT2D eigenvalue weighted by molar-refractivity contribution is 14.1. The van der Waals surface area contributed by atoms with Crippen molar-refractivity contribution in [3.63, 3.8) is 0 Å². The number of unbranched alkanes of at least 4 members (excludes halogenated alkanes) is 2. The maximum absolute atomic E-state index is 14.1. The highest BCUT2D eigenvalue weighted by Gasteiger charge is 2.48. The number of benzene rings is 2. The van der Waals surface area contributed by atoms with E-state index >= 15 is 0 Å². The van der Waals surface area contributed by atoms with Crippen LogP contribution in [-0.2, 0) is 41.6 Å². The quantitative estimate of drug-likeness (QED) is 0.0334. The Balaban J connectivity index is 0.000000468. The number of hydrogen-bond acceptors (Lipinski definition) is 10. The lowest BCUT2D eigenvalue weighted by atomic mass is 9.73. The van der Waals surface area contributed by atoms with Crippen LogP contribution in [0.4, 0.5) is 0 Å². The molecule has 0 unspecified atom stereocenters. The second-order valence-corrected chi connectivity index (χ2v) is 31.1. The number of rotatable bonds is 30. The van der Waals surface area contributed by atoms with Gasteiger partial charge < -0.3 is 30.8 Å². The molecule has 93 heavy (non-hydrogen) atoms. The molecule has 4 fully saturated rings. The molecule has 0 aromatic heterocycles. The van der Waals surface area contributed by atoms with Crippen molar-refractivity contribution in [2.75, 3.05) is 18.0 Å². The molecule has 16 heteroatoms. The van der Waals surface area contributed by atoms with Gasteiger partial charge in [-0.2, -0.15) is 10.1 Å². The third-order valence-electron chi connectivity index (χ3n) is 19.5. The lowest BCUT2D eigenvalue weighted by Gasteiger charge is -2.51. The average molecular weight is 1520 g/mol. The van der Waals surface area contributed by atoms with Gasteiger partial charge in [0.25, 0.3) is 0 Å². The average Bonchev–Trinajstić information content (AvgIpc) is 1.54. The van der Waals surface area contributed by atoms with Crippen LogP contribution in [0.25, 0.3) is 0 Å². The molecular weight excluding hydrogens is 1390 g/mol. The molecule has 4 amide bonds. The number of likely N-dealkylation sites (tertiary alicyclic amines) is 2. The van der Waals surface area contributed by atoms with Gasteiger partial charge in [-0.3, -0.25) is 28.8 Å². The summed E-state index contributed by atoms with van der Waals surface area (Å²) in [7, 11) is 0. The van der Waals surface area contributed by atoms with Crippen LogP contribution in [0.1, 0.15) is 237 Å². The van der Waals surface area contributed by atoms with E-state index in [1.54, 1.807) is 9.80 Å². The van der Waals surface area contributed by atoms with Crippen LogP contribution in [0.3, 0.4) is 0 Å². The Bertz CT molecular complexity index is 2450. The van der Waals surface area contributed by atoms with Gasteiger partial charge in [0, 0.05) is 48.1 Å². The van der Waals surface area contributed by atoms with Crippen LogP contribution < -0.4 is 10.6 Å². The smallest absolute Gasteiger partial charge is 0.243 e. The maximum Gasteiger partial charge on any atom is 0.243 e. The molecule has 4 heterocycles. The number of hydroxylamine groups is 4. The molecule has 8 atom stereocenters. The first kappa shape index (κ1) is 83.7. The van der Waals surface area contributed by atoms with E-state index in [2.05, 4.69) is 137 Å². The molecule has 2 aromatic carbocycles. The fourth-order valence-electron chi connectivity index (χ4n) is 15.6. The number of halogens is 2. The van der Waals surface area contributed by atoms with Gasteiger partial charge in [0.1, 0.15) is 12.1 Å². The first-order valence-electron chi connectivity index (χ1n) is 35.4. The van der Waals surface area contributed by atoms with Crippen molar-refractivity contribution in [1.29, 1.82) is 0 Å². The Morgan fingerprint density at radius 3 is 1.13 bits per heavy atom. The normalized spacial score (nSPS) is 21.8. The highest BCUT2D eigenvalue weighted by atomic mass is 127. The topological polar surface area (TPSA) is 180 Å². The summed E-state index contributed by atoms with van der Waals surface area (Å²) >= 11 is 2.15. The molecular formula is C77H126I2N6O8. The molecule has 0 spiro atoms. The fourth-order valence-corrected chi connectivity index (χ4v) is 15.6. The van der Waals surface area contributed by atoms with Crippen LogP contribution in [0.2, 0.25) is 0 Å². The second-order valence-electron chi connectivity index (χ2n) is 31.1. The summed E-state index contributed by atoms with van der Waals surface area (Å²) < 4.78 is 0. The van der Waals surface area contributed by atoms with Gasteiger partial charge in [0.15, 0.2) is 11.6 Å². The molecule has 2 aromatic rings. The van der Waals surface area contributed by atoms with Gasteiger partial charge >= 0.3 is 0 Å². The minimum absolute atomic E-state index is 0. The number of allylic oxidation sites excluding steroid dienone is 2. The number of Topliss-reactive ketones (excluding diaryl/α,β-unsaturated/α-hetero) is 2. The third-order valence-corrected chi connectivity index (χ3v) is 19.5. The lowest BCUT2D eigenvalue weighted by Crippen LogP contribution is -2.59. The minimum atomic E-state index is -0.565. The van der Waals surface area contributed by atoms with Crippen LogP contribution in [0, 0.1) is 47.3 Å². The fraction of sp³-hybridized carbons (Fsp3) is 0.714. The van der Waals surface area contributed by atoms with Crippen LogP contribution in [0.5, 0.6) is 0 Å². The number of hydrogen-bond donors (Lipinski definition) is 4. The molecule has 14 nitrogen and oxygen atoms in total. The van der Waals surface area contributed by atoms with E-state index in [1.165, 1.54) is 10.1 Å². The first-order chi connectivity index (χ1) is 43.3. The van der Waals surface area contributed by atoms with E-state index in [1.807, 2.05) is 96.7 Å². The molecule has 4 saturated heterocycles. The standard InChI is InChI=1S/2C38H61N3O4.CH3I.HI/c2*1-9-10-17-32(34(42)24-30-25-37(5,6)41(45)38(7,8)26-30)39-35(43)33-18-14-21-40(33)36(44)31(20-19-28(4)22-27(2)3)23-29-15-12-11-13-16-29;1-2;/h2*11-13,15-16,19-20,27-28,30-33,45H,9-10,14,17-18,21-26H2,1-8H3,(H,39,43);1H3;1H/b2*20-19+;;/t2*28-,31-,32+,33+;;/m11../s1. The highest BCUT2D eigenvalue weighted by Crippen LogP contribution is 2.43. The molecule has 6 rings (SSSR count). The molecule has 4 aliphatic rings. The zero-order chi connectivity index (χ0) is 68.7. The van der Waals surface area contributed by atoms with E-state index in [0.717, 1.165) is 62.5 Å². The SMILES string of the molecule is CCCC[C@H](NC(=O)[C@@H]1CCCN1C(=O)[C@H](/C=C/[C@@H](C)CC(C)C)Cc1ccccc1)C(=O)CC1CC(C)(C)N(O)C(C)(C)C1.CCCC[C@H](NC(=O)[C@@H]1CCCN1C(=O)[C@H](/C=C/[C@@H](C)CC(C)C)Cc1ccccc1)C(=O)CC1CC(C)(C)N(O)C(C)(C)C1.CI.I. The van der Waals surface area contributed by atoms with Crippen LogP contribution >= 0.6 is 46.6 Å². The van der Waals surface area contributed by atoms with Gasteiger partial charge in [-0.15, -0.1) is 24.0 Å². The zero-order valence-corrected chi connectivity index (χ0v) is 65.0. The van der Waals surface area contributed by atoms with Gasteiger partial charge in [-0.1, -0.05) is 189 Å². The maximum atomic E-state index is 14.1. The summed E-state index contributed by atoms with van der Waals surface area (Å²) in [5, 5.41) is 30.6. The molecule has 0 bridgehead atoms. The molecule has 526 valence electrons. The predicted molar refractivity (Wildman–Crippen MR) is 399 cm³/mol. The van der Waals surface area contributed by atoms with E-state index in [-0.39, 0.29) is 82.8 Å². The van der Waals surface area contributed by atoms with Gasteiger partial charge in [-0.25, -0.2) is 0 Å². The largest absolute Gasteiger partial charge is 0.345 e. The van der Waals surface area contributed by atoms with Gasteiger partial charge in [0.05, 0.1) is 23.9 Å². The van der Waals surface area contributed by atoms with Crippen molar-refractivity contribution in [3.8, 4) is 0 Å². The number of nitrogens with one attached hydrogen (secondary N) is 2. The van der Waals surface area contributed by atoms with Crippen molar-refractivity contribution in [2.45, 2.75) is 286 Å². The van der Waals surface area contributed by atoms with E-state index < -0.39 is 46.3 Å². The van der Waals surface area contributed by atoms with E-state index in [9.17, 15) is 39.2 Å². The summed E-state index contributed by atoms with van der Waals surface area (Å²) in [6.45, 7) is 34.6. The van der Waals surface area contributed by atoms with E-state index in [0.29, 0.717) is 114 Å². The first-order valence-corrected chi connectivity index (χ1v) is 37.5. The molecule has 0 saturated carbocycles. The van der Waals surface area contributed by atoms with Crippen molar-refractivity contribution in [2.24, 2.45) is 47.3 Å². The zero-order valence-electron chi connectivity index (χ0n) is 60.5. The number of alkyl halides is 1. The molecule has 0 aliphatic carbocycles. The summed E-state index contributed by atoms with van der Waals surface area (Å²) in [4.78, 5) is 88.9. The molecule has 0 radical (unpaired) electrons. The Hall–Kier alpha value is -3.56. The number of piperidine rings is 2. The van der Waals surface area contributed by atoms with Gasteiger partial charge in [0.2, 0.25) is 23.6 Å². The summed E-state index contributed by atoms with van der Waals surface area (Å²) in [5.41, 5.74) is 0.461. The van der Waals surface area contributed by atoms with Crippen LogP contribution in [0.15, 0.2) is 85.0 Å². The number of carbonyl (C=O) groups excluding carboxylic acids is 6. The third kappa shape index (κ3) is 26.3. The number of ketones is 2. The summed E-state index contributed by atoms with van der Waals surface area (Å²) in [6.07, 6.45) is 22.8. The Labute approximate surface area is 594 Å². The minimum Gasteiger partial charge on any atom is -0.345 e. The monoisotopic (exact) mass is 1520 g/mol. The van der Waals surface area contributed by atoms with Crippen molar-refractivity contribution in [1.82, 2.24) is 30.6 Å². The summed E-state index contributed by atoms with van der Waals surface area (Å²) in [5.74, 6) is 1.08. The Kier molecular flexibility index (Phi) is 35.8. The van der Waals surface area contributed by atoms with Gasteiger partial charge in [-0.05, 0) is 197 Å². The van der Waals surface area contributed by atoms with Crippen molar-refractivity contribution < 1.29 is 39.2 Å². The number of amides is 4. The van der Waals surface area contributed by atoms with Crippen molar-refractivity contribution in [3.05, 3.63) is 96.1 Å². The summed E-state index contributed by atoms with van der Waals surface area (Å²) in [6, 6.07) is 17.9. The molecule has 4 aliphatic heterocycles. The Morgan fingerprint density at radius 2 is 0.839 bits per heavy atom. The second kappa shape index (κ2) is 39.7. The Morgan fingerprint density at radius 1 is 0.527 bits per heavy atom. The number of nitrogens with zero attached hydrogens (tertiary/aromatic N) is 4. The lowest BCUT2D eigenvalue weighted by molar-refractivity contribution is -0.251. The van der Waals surface area contributed by atoms with Crippen LogP contribution in [-0.4, -0.2) is 130 Å².